The van der Waals surface area contributed by atoms with E-state index in [0.717, 1.165) is 12.1 Å². The molecule has 0 aromatic carbocycles. The maximum absolute atomic E-state index is 12.3. The van der Waals surface area contributed by atoms with Gasteiger partial charge in [0, 0.05) is 24.8 Å². The number of amides is 1. The summed E-state index contributed by atoms with van der Waals surface area (Å²) in [6.45, 7) is 1.68. The molecule has 8 heteroatoms. The smallest absolute Gasteiger partial charge is 0.265 e. The van der Waals surface area contributed by atoms with Crippen LogP contribution in [0.3, 0.4) is 0 Å². The topological polar surface area (TPSA) is 88.2 Å². The Bertz CT molecular complexity index is 685. The number of aromatic nitrogens is 3. The summed E-state index contributed by atoms with van der Waals surface area (Å²) >= 11 is 1.35. The number of carbonyl (C=O) groups excluding carboxylic acids is 1. The van der Waals surface area contributed by atoms with Crippen LogP contribution in [0.1, 0.15) is 21.8 Å². The molecule has 1 atom stereocenters. The summed E-state index contributed by atoms with van der Waals surface area (Å²) < 4.78 is 5.71. The zero-order valence-corrected chi connectivity index (χ0v) is 12.7. The Hall–Kier alpha value is -2.06. The molecule has 0 spiro atoms. The van der Waals surface area contributed by atoms with E-state index in [9.17, 15) is 9.59 Å². The van der Waals surface area contributed by atoms with Crippen molar-refractivity contribution in [3.05, 3.63) is 45.0 Å². The number of nitrogens with one attached hydrogen (secondary N) is 1. The molecule has 3 heterocycles. The predicted molar refractivity (Wildman–Crippen MR) is 80.9 cm³/mol. The van der Waals surface area contributed by atoms with Crippen LogP contribution in [0.5, 0.6) is 0 Å². The van der Waals surface area contributed by atoms with E-state index < -0.39 is 0 Å². The molecule has 1 aliphatic heterocycles. The summed E-state index contributed by atoms with van der Waals surface area (Å²) in [5, 5.41) is 0. The fraction of sp³-hybridized carbons (Fsp3) is 0.429. The lowest BCUT2D eigenvalue weighted by atomic mass is 10.1. The van der Waals surface area contributed by atoms with Crippen LogP contribution >= 0.6 is 11.3 Å². The molecule has 0 radical (unpaired) electrons. The van der Waals surface area contributed by atoms with Crippen molar-refractivity contribution in [3.63, 3.8) is 0 Å². The van der Waals surface area contributed by atoms with Crippen molar-refractivity contribution in [1.29, 1.82) is 0 Å². The number of aryl methyl sites for hydroxylation is 1. The van der Waals surface area contributed by atoms with Gasteiger partial charge in [0.15, 0.2) is 0 Å². The van der Waals surface area contributed by atoms with Crippen molar-refractivity contribution in [1.82, 2.24) is 19.9 Å². The second kappa shape index (κ2) is 6.80. The molecule has 0 saturated carbocycles. The van der Waals surface area contributed by atoms with Gasteiger partial charge in [0.05, 0.1) is 30.7 Å². The van der Waals surface area contributed by atoms with Crippen LogP contribution in [0, 0.1) is 0 Å². The molecule has 1 saturated heterocycles. The van der Waals surface area contributed by atoms with E-state index >= 15 is 0 Å². The van der Waals surface area contributed by atoms with Crippen molar-refractivity contribution in [2.24, 2.45) is 0 Å². The first-order chi connectivity index (χ1) is 10.7. The molecule has 1 fully saturated rings. The number of rotatable bonds is 4. The fourth-order valence-corrected chi connectivity index (χ4v) is 3.00. The second-order valence-corrected chi connectivity index (χ2v) is 5.94. The average Bonchev–Trinajstić information content (AvgIpc) is 3.07. The molecule has 22 heavy (non-hydrogen) atoms. The minimum absolute atomic E-state index is 0.00470. The zero-order valence-electron chi connectivity index (χ0n) is 11.9. The third-order valence-corrected chi connectivity index (χ3v) is 4.29. The number of nitrogens with zero attached hydrogens (tertiary/aromatic N) is 3. The summed E-state index contributed by atoms with van der Waals surface area (Å²) in [4.78, 5) is 36.5. The molecule has 1 aliphatic rings. The molecule has 2 aromatic heterocycles. The first kappa shape index (κ1) is 14.9. The van der Waals surface area contributed by atoms with E-state index in [1.807, 2.05) is 0 Å². The average molecular weight is 320 g/mol. The van der Waals surface area contributed by atoms with Crippen molar-refractivity contribution in [3.8, 4) is 0 Å². The lowest BCUT2D eigenvalue weighted by molar-refractivity contribution is -0.0245. The third kappa shape index (κ3) is 3.58. The highest BCUT2D eigenvalue weighted by molar-refractivity contribution is 7.11. The summed E-state index contributed by atoms with van der Waals surface area (Å²) in [6, 6.07) is 1.49. The van der Waals surface area contributed by atoms with Crippen LogP contribution in [-0.2, 0) is 11.2 Å². The van der Waals surface area contributed by atoms with Gasteiger partial charge < -0.3 is 14.6 Å². The van der Waals surface area contributed by atoms with Crippen molar-refractivity contribution in [2.75, 3.05) is 19.7 Å². The first-order valence-electron chi connectivity index (χ1n) is 7.05. The normalized spacial score (nSPS) is 18.4. The number of carbonyl (C=O) groups is 1. The molecule has 1 amide bonds. The molecule has 0 bridgehead atoms. The highest BCUT2D eigenvalue weighted by atomic mass is 32.1. The largest absolute Gasteiger partial charge is 0.375 e. The Morgan fingerprint density at radius 2 is 2.45 bits per heavy atom. The molecular weight excluding hydrogens is 304 g/mol. The molecule has 0 aliphatic carbocycles. The van der Waals surface area contributed by atoms with Crippen LogP contribution in [-0.4, -0.2) is 51.6 Å². The van der Waals surface area contributed by atoms with Gasteiger partial charge >= 0.3 is 0 Å². The second-order valence-electron chi connectivity index (χ2n) is 5.05. The van der Waals surface area contributed by atoms with Crippen LogP contribution < -0.4 is 5.56 Å². The number of H-pyrrole nitrogens is 1. The van der Waals surface area contributed by atoms with Gasteiger partial charge in [-0.3, -0.25) is 14.6 Å². The highest BCUT2D eigenvalue weighted by Gasteiger charge is 2.25. The van der Waals surface area contributed by atoms with E-state index in [4.69, 9.17) is 4.74 Å². The van der Waals surface area contributed by atoms with Gasteiger partial charge in [0.25, 0.3) is 11.5 Å². The van der Waals surface area contributed by atoms with E-state index in [1.165, 1.54) is 23.7 Å². The van der Waals surface area contributed by atoms with E-state index in [0.29, 0.717) is 31.0 Å². The van der Waals surface area contributed by atoms with Crippen molar-refractivity contribution in [2.45, 2.75) is 18.9 Å². The number of hydrogen-bond donors (Lipinski definition) is 1. The van der Waals surface area contributed by atoms with Gasteiger partial charge in [-0.2, -0.15) is 0 Å². The van der Waals surface area contributed by atoms with E-state index in [1.54, 1.807) is 16.6 Å². The Kier molecular flexibility index (Phi) is 4.59. The fourth-order valence-electron chi connectivity index (χ4n) is 2.41. The Morgan fingerprint density at radius 3 is 3.23 bits per heavy atom. The van der Waals surface area contributed by atoms with Crippen LogP contribution in [0.4, 0.5) is 0 Å². The van der Waals surface area contributed by atoms with E-state index in [-0.39, 0.29) is 17.6 Å². The molecule has 0 unspecified atom stereocenters. The van der Waals surface area contributed by atoms with Crippen molar-refractivity contribution < 1.29 is 9.53 Å². The first-order valence-corrected chi connectivity index (χ1v) is 7.93. The van der Waals surface area contributed by atoms with Crippen LogP contribution in [0.25, 0.3) is 0 Å². The number of thiazole rings is 1. The molecule has 2 aromatic rings. The summed E-state index contributed by atoms with van der Waals surface area (Å²) in [5.74, 6) is 0.00470. The summed E-state index contributed by atoms with van der Waals surface area (Å²) in [7, 11) is 0. The maximum Gasteiger partial charge on any atom is 0.265 e. The number of morpholine rings is 1. The summed E-state index contributed by atoms with van der Waals surface area (Å²) in [5.41, 5.74) is 2.24. The SMILES string of the molecule is O=C(c1cncs1)N1CCO[C@H](CCc2cc(=O)[nH]cn2)C1. The number of hydrogen-bond acceptors (Lipinski definition) is 6. The maximum atomic E-state index is 12.3. The van der Waals surface area contributed by atoms with Gasteiger partial charge in [-0.25, -0.2) is 4.98 Å². The highest BCUT2D eigenvalue weighted by Crippen LogP contribution is 2.16. The third-order valence-electron chi connectivity index (χ3n) is 3.53. The Balaban J connectivity index is 1.56. The van der Waals surface area contributed by atoms with Gasteiger partial charge in [-0.1, -0.05) is 0 Å². The quantitative estimate of drug-likeness (QED) is 0.896. The number of ether oxygens (including phenoxy) is 1. The lowest BCUT2D eigenvalue weighted by Gasteiger charge is -2.32. The van der Waals surface area contributed by atoms with Crippen LogP contribution in [0.15, 0.2) is 28.9 Å². The monoisotopic (exact) mass is 320 g/mol. The predicted octanol–water partition coefficient (Wildman–Crippen LogP) is 0.700. The van der Waals surface area contributed by atoms with Crippen LogP contribution in [0.2, 0.25) is 0 Å². The molecule has 3 rings (SSSR count). The van der Waals surface area contributed by atoms with Crippen molar-refractivity contribution >= 4 is 17.2 Å². The Labute approximate surface area is 131 Å². The minimum atomic E-state index is -0.156. The van der Waals surface area contributed by atoms with Gasteiger partial charge in [-0.05, 0) is 12.8 Å². The van der Waals surface area contributed by atoms with E-state index in [2.05, 4.69) is 15.0 Å². The molecule has 116 valence electrons. The molecular formula is C14H16N4O3S. The standard InChI is InChI=1S/C14H16N4O3S/c19-13-5-10(16-8-17-13)1-2-11-7-18(3-4-21-11)14(20)12-6-15-9-22-12/h5-6,8-9,11H,1-4,7H2,(H,16,17,19)/t11-/m1/s1. The summed E-state index contributed by atoms with van der Waals surface area (Å²) in [6.07, 6.45) is 4.34. The zero-order chi connectivity index (χ0) is 15.4. The Morgan fingerprint density at radius 1 is 1.55 bits per heavy atom. The molecule has 1 N–H and O–H groups in total. The lowest BCUT2D eigenvalue weighted by Crippen LogP contribution is -2.45. The minimum Gasteiger partial charge on any atom is -0.375 e. The molecule has 7 nitrogen and oxygen atoms in total. The van der Waals surface area contributed by atoms with Gasteiger partial charge in [-0.15, -0.1) is 11.3 Å². The van der Waals surface area contributed by atoms with Gasteiger partial charge in [0.2, 0.25) is 0 Å². The van der Waals surface area contributed by atoms with Gasteiger partial charge in [0.1, 0.15) is 4.88 Å². The number of aromatic amines is 1.